The van der Waals surface area contributed by atoms with E-state index in [0.717, 1.165) is 58.5 Å². The number of nitrogens with zero attached hydrogens (tertiary/aromatic N) is 6. The van der Waals surface area contributed by atoms with E-state index < -0.39 is 4.92 Å². The molecular weight excluding hydrogens is 388 g/mol. The molecule has 4 rings (SSSR count). The van der Waals surface area contributed by atoms with Crippen molar-refractivity contribution in [1.29, 1.82) is 0 Å². The summed E-state index contributed by atoms with van der Waals surface area (Å²) in [5, 5.41) is 14.8. The maximum Gasteiger partial charge on any atom is 0.269 e. The van der Waals surface area contributed by atoms with Crippen LogP contribution < -0.4 is 0 Å². The summed E-state index contributed by atoms with van der Waals surface area (Å²) in [6, 6.07) is 6.10. The summed E-state index contributed by atoms with van der Waals surface area (Å²) < 4.78 is 5.39. The number of rotatable bonds is 6. The molecule has 2 fully saturated rings. The number of nitro groups is 1. The number of non-ortho nitro benzene ring substituents is 1. The fraction of sp³-hybridized carbons (Fsp3) is 0.550. The van der Waals surface area contributed by atoms with Crippen molar-refractivity contribution < 1.29 is 14.2 Å². The number of carbonyl (C=O) groups excluding carboxylic acids is 1. The summed E-state index contributed by atoms with van der Waals surface area (Å²) in [5.74, 6) is 1.18. The molecule has 0 unspecified atom stereocenters. The zero-order valence-electron chi connectivity index (χ0n) is 16.9. The van der Waals surface area contributed by atoms with Crippen LogP contribution in [0.3, 0.4) is 0 Å². The van der Waals surface area contributed by atoms with Gasteiger partial charge in [0.2, 0.25) is 17.6 Å². The third kappa shape index (κ3) is 5.00. The third-order valence-corrected chi connectivity index (χ3v) is 5.66. The molecule has 3 heterocycles. The predicted molar refractivity (Wildman–Crippen MR) is 109 cm³/mol. The highest BCUT2D eigenvalue weighted by molar-refractivity contribution is 5.78. The Hall–Kier alpha value is -2.85. The fourth-order valence-corrected chi connectivity index (χ4v) is 3.96. The highest BCUT2D eigenvalue weighted by atomic mass is 16.6. The van der Waals surface area contributed by atoms with E-state index in [4.69, 9.17) is 4.52 Å². The molecule has 0 atom stereocenters. The third-order valence-electron chi connectivity index (χ3n) is 5.66. The second-order valence-corrected chi connectivity index (χ2v) is 7.81. The van der Waals surface area contributed by atoms with E-state index in [1.807, 2.05) is 4.90 Å². The highest BCUT2D eigenvalue weighted by Crippen LogP contribution is 2.20. The Bertz CT molecular complexity index is 878. The minimum absolute atomic E-state index is 0.0276. The Morgan fingerprint density at radius 1 is 1.00 bits per heavy atom. The van der Waals surface area contributed by atoms with Crippen LogP contribution in [0.2, 0.25) is 0 Å². The predicted octanol–water partition coefficient (Wildman–Crippen LogP) is 1.77. The van der Waals surface area contributed by atoms with Crippen LogP contribution in [0.4, 0.5) is 5.69 Å². The maximum atomic E-state index is 12.4. The molecule has 10 heteroatoms. The molecule has 0 radical (unpaired) electrons. The van der Waals surface area contributed by atoms with Gasteiger partial charge in [0.15, 0.2) is 0 Å². The maximum absolute atomic E-state index is 12.4. The van der Waals surface area contributed by atoms with E-state index in [-0.39, 0.29) is 11.6 Å². The zero-order valence-corrected chi connectivity index (χ0v) is 16.9. The number of hydrogen-bond acceptors (Lipinski definition) is 8. The molecule has 2 aliphatic heterocycles. The summed E-state index contributed by atoms with van der Waals surface area (Å²) >= 11 is 0. The van der Waals surface area contributed by atoms with Crippen LogP contribution in [-0.4, -0.2) is 81.5 Å². The van der Waals surface area contributed by atoms with Gasteiger partial charge in [-0.25, -0.2) is 0 Å². The van der Waals surface area contributed by atoms with E-state index in [1.54, 1.807) is 12.1 Å². The van der Waals surface area contributed by atoms with Crippen molar-refractivity contribution in [2.75, 3.05) is 45.8 Å². The normalized spacial score (nSPS) is 18.5. The first-order valence-corrected chi connectivity index (χ1v) is 10.4. The van der Waals surface area contributed by atoms with Crippen LogP contribution in [0.15, 0.2) is 28.8 Å². The second-order valence-electron chi connectivity index (χ2n) is 7.81. The monoisotopic (exact) mass is 414 g/mol. The van der Waals surface area contributed by atoms with Crippen LogP contribution in [0.1, 0.15) is 25.2 Å². The fourth-order valence-electron chi connectivity index (χ4n) is 3.96. The van der Waals surface area contributed by atoms with Gasteiger partial charge in [-0.1, -0.05) is 5.16 Å². The lowest BCUT2D eigenvalue weighted by Gasteiger charge is -2.23. The van der Waals surface area contributed by atoms with Crippen molar-refractivity contribution >= 4 is 11.6 Å². The zero-order chi connectivity index (χ0) is 20.9. The lowest BCUT2D eigenvalue weighted by atomic mass is 10.2. The van der Waals surface area contributed by atoms with Crippen molar-refractivity contribution in [3.8, 4) is 11.4 Å². The second kappa shape index (κ2) is 9.31. The van der Waals surface area contributed by atoms with E-state index in [9.17, 15) is 14.9 Å². The van der Waals surface area contributed by atoms with E-state index in [1.165, 1.54) is 12.1 Å². The van der Waals surface area contributed by atoms with E-state index >= 15 is 0 Å². The molecule has 0 spiro atoms. The Kier molecular flexibility index (Phi) is 6.34. The first kappa shape index (κ1) is 20.4. The van der Waals surface area contributed by atoms with Gasteiger partial charge in [0.25, 0.3) is 5.69 Å². The topological polar surface area (TPSA) is 109 Å². The van der Waals surface area contributed by atoms with Crippen LogP contribution >= 0.6 is 0 Å². The quantitative estimate of drug-likeness (QED) is 0.520. The van der Waals surface area contributed by atoms with Crippen molar-refractivity contribution in [2.45, 2.75) is 25.8 Å². The molecule has 1 aromatic heterocycles. The van der Waals surface area contributed by atoms with Gasteiger partial charge in [-0.15, -0.1) is 0 Å². The number of likely N-dealkylation sites (tertiary alicyclic amines) is 1. The molecule has 2 aliphatic rings. The average Bonchev–Trinajstić information content (AvgIpc) is 3.39. The minimum atomic E-state index is -0.438. The van der Waals surface area contributed by atoms with Crippen LogP contribution in [0, 0.1) is 10.1 Å². The van der Waals surface area contributed by atoms with Crippen molar-refractivity contribution in [1.82, 2.24) is 24.8 Å². The first-order chi connectivity index (χ1) is 14.6. The highest BCUT2D eigenvalue weighted by Gasteiger charge is 2.23. The lowest BCUT2D eigenvalue weighted by Crippen LogP contribution is -2.40. The van der Waals surface area contributed by atoms with E-state index in [2.05, 4.69) is 19.9 Å². The standard InChI is InChI=1S/C20H26N6O4/c27-19(25-10-1-2-11-25)15-24-9-3-8-23(12-13-24)14-18-21-20(22-30-18)16-4-6-17(7-5-16)26(28)29/h4-7H,1-3,8-15H2. The molecule has 10 nitrogen and oxygen atoms in total. The summed E-state index contributed by atoms with van der Waals surface area (Å²) in [7, 11) is 0. The van der Waals surface area contributed by atoms with Crippen molar-refractivity contribution in [2.24, 2.45) is 0 Å². The molecule has 2 saturated heterocycles. The molecule has 160 valence electrons. The first-order valence-electron chi connectivity index (χ1n) is 10.4. The van der Waals surface area contributed by atoms with Gasteiger partial charge in [-0.3, -0.25) is 24.7 Å². The van der Waals surface area contributed by atoms with Gasteiger partial charge in [0, 0.05) is 43.9 Å². The Labute approximate surface area is 174 Å². The molecule has 2 aromatic rings. The van der Waals surface area contributed by atoms with Gasteiger partial charge in [0.05, 0.1) is 18.0 Å². The number of carbonyl (C=O) groups is 1. The van der Waals surface area contributed by atoms with Crippen molar-refractivity contribution in [3.63, 3.8) is 0 Å². The van der Waals surface area contributed by atoms with Crippen LogP contribution in [-0.2, 0) is 11.3 Å². The molecule has 0 saturated carbocycles. The number of hydrogen-bond donors (Lipinski definition) is 0. The Morgan fingerprint density at radius 2 is 1.70 bits per heavy atom. The molecule has 0 aliphatic carbocycles. The molecule has 0 N–H and O–H groups in total. The average molecular weight is 414 g/mol. The Balaban J connectivity index is 1.29. The van der Waals surface area contributed by atoms with Gasteiger partial charge < -0.3 is 9.42 Å². The number of benzene rings is 1. The summed E-state index contributed by atoms with van der Waals surface area (Å²) in [4.78, 5) is 33.6. The SMILES string of the molecule is O=C(CN1CCCN(Cc2nc(-c3ccc([N+](=O)[O-])cc3)no2)CC1)N1CCCC1. The molecule has 30 heavy (non-hydrogen) atoms. The van der Waals surface area contributed by atoms with Gasteiger partial charge in [-0.05, 0) is 44.5 Å². The van der Waals surface area contributed by atoms with Crippen molar-refractivity contribution in [3.05, 3.63) is 40.3 Å². The molecule has 1 amide bonds. The van der Waals surface area contributed by atoms with E-state index in [0.29, 0.717) is 30.4 Å². The number of aromatic nitrogens is 2. The van der Waals surface area contributed by atoms with Gasteiger partial charge in [0.1, 0.15) is 0 Å². The smallest absolute Gasteiger partial charge is 0.269 e. The van der Waals surface area contributed by atoms with Gasteiger partial charge in [-0.2, -0.15) is 4.98 Å². The summed E-state index contributed by atoms with van der Waals surface area (Å²) in [6.45, 7) is 6.33. The summed E-state index contributed by atoms with van der Waals surface area (Å²) in [6.07, 6.45) is 3.22. The van der Waals surface area contributed by atoms with Gasteiger partial charge >= 0.3 is 0 Å². The molecular formula is C20H26N6O4. The molecule has 0 bridgehead atoms. The number of amides is 1. The minimum Gasteiger partial charge on any atom is -0.342 e. The van der Waals surface area contributed by atoms with Crippen LogP contribution in [0.25, 0.3) is 11.4 Å². The molecule has 1 aromatic carbocycles. The largest absolute Gasteiger partial charge is 0.342 e. The van der Waals surface area contributed by atoms with Crippen LogP contribution in [0.5, 0.6) is 0 Å². The Morgan fingerprint density at radius 3 is 2.43 bits per heavy atom. The summed E-state index contributed by atoms with van der Waals surface area (Å²) in [5.41, 5.74) is 0.706. The lowest BCUT2D eigenvalue weighted by molar-refractivity contribution is -0.384. The number of nitro benzene ring substituents is 1.